The summed E-state index contributed by atoms with van der Waals surface area (Å²) in [5.74, 6) is 0. The maximum Gasteiger partial charge on any atom is 0.0991 e. The molecule has 1 atom stereocenters. The Morgan fingerprint density at radius 2 is 2.05 bits per heavy atom. The molecule has 0 aromatic heterocycles. The second-order valence-corrected chi connectivity index (χ2v) is 5.63. The topological polar surface area (TPSA) is 56.0 Å². The van der Waals surface area contributed by atoms with Crippen LogP contribution in [0.1, 0.15) is 49.8 Å². The van der Waals surface area contributed by atoms with Crippen LogP contribution in [0.5, 0.6) is 0 Å². The van der Waals surface area contributed by atoms with Gasteiger partial charge in [0.25, 0.3) is 0 Å². The summed E-state index contributed by atoms with van der Waals surface area (Å²) >= 11 is 0. The molecule has 102 valence electrons. The first-order chi connectivity index (χ1) is 9.19. The molecule has 3 nitrogen and oxygen atoms in total. The molecule has 19 heavy (non-hydrogen) atoms. The van der Waals surface area contributed by atoms with Crippen molar-refractivity contribution in [2.24, 2.45) is 5.41 Å². The number of rotatable bonds is 7. The highest BCUT2D eigenvalue weighted by Crippen LogP contribution is 2.48. The third kappa shape index (κ3) is 3.79. The van der Waals surface area contributed by atoms with Gasteiger partial charge in [0.15, 0.2) is 0 Å². The van der Waals surface area contributed by atoms with E-state index in [0.29, 0.717) is 17.5 Å². The molecule has 0 heterocycles. The van der Waals surface area contributed by atoms with Crippen molar-refractivity contribution in [3.05, 3.63) is 35.4 Å². The van der Waals surface area contributed by atoms with E-state index >= 15 is 0 Å². The van der Waals surface area contributed by atoms with Crippen molar-refractivity contribution in [3.63, 3.8) is 0 Å². The molecule has 1 aromatic rings. The summed E-state index contributed by atoms with van der Waals surface area (Å²) in [5, 5.41) is 22.2. The predicted molar refractivity (Wildman–Crippen MR) is 75.6 cm³/mol. The summed E-state index contributed by atoms with van der Waals surface area (Å²) in [4.78, 5) is 0. The molecule has 1 aliphatic rings. The van der Waals surface area contributed by atoms with Gasteiger partial charge >= 0.3 is 0 Å². The summed E-state index contributed by atoms with van der Waals surface area (Å²) < 4.78 is 0. The largest absolute Gasteiger partial charge is 0.387 e. The van der Waals surface area contributed by atoms with E-state index in [1.54, 1.807) is 12.1 Å². The first-order valence-electron chi connectivity index (χ1n) is 7.08. The SMILES string of the molecule is CCCC1(CNCC(O)c2ccc(C#N)cc2)CC1. The second kappa shape index (κ2) is 6.18. The Morgan fingerprint density at radius 1 is 1.37 bits per heavy atom. The van der Waals surface area contributed by atoms with Crippen molar-refractivity contribution in [2.75, 3.05) is 13.1 Å². The molecule has 1 aliphatic carbocycles. The van der Waals surface area contributed by atoms with E-state index in [1.807, 2.05) is 12.1 Å². The normalized spacial score (nSPS) is 17.7. The zero-order valence-corrected chi connectivity index (χ0v) is 11.5. The molecule has 0 radical (unpaired) electrons. The number of aliphatic hydroxyl groups is 1. The van der Waals surface area contributed by atoms with Crippen LogP contribution in [0.2, 0.25) is 0 Å². The monoisotopic (exact) mass is 258 g/mol. The fourth-order valence-electron chi connectivity index (χ4n) is 2.59. The average molecular weight is 258 g/mol. The fourth-order valence-corrected chi connectivity index (χ4v) is 2.59. The smallest absolute Gasteiger partial charge is 0.0991 e. The summed E-state index contributed by atoms with van der Waals surface area (Å²) in [6, 6.07) is 9.22. The number of hydrogen-bond donors (Lipinski definition) is 2. The number of nitrogens with zero attached hydrogens (tertiary/aromatic N) is 1. The van der Waals surface area contributed by atoms with Gasteiger partial charge in [0, 0.05) is 13.1 Å². The zero-order valence-electron chi connectivity index (χ0n) is 11.5. The van der Waals surface area contributed by atoms with E-state index in [2.05, 4.69) is 18.3 Å². The van der Waals surface area contributed by atoms with Gasteiger partial charge in [-0.2, -0.15) is 5.26 Å². The molecule has 1 aromatic carbocycles. The summed E-state index contributed by atoms with van der Waals surface area (Å²) in [5.41, 5.74) is 2.01. The molecule has 0 bridgehead atoms. The summed E-state index contributed by atoms with van der Waals surface area (Å²) in [6.07, 6.45) is 4.67. The first kappa shape index (κ1) is 14.0. The van der Waals surface area contributed by atoms with Crippen LogP contribution in [-0.4, -0.2) is 18.2 Å². The Balaban J connectivity index is 1.78. The molecule has 2 N–H and O–H groups in total. The number of hydrogen-bond acceptors (Lipinski definition) is 3. The molecule has 0 aliphatic heterocycles. The lowest BCUT2D eigenvalue weighted by Crippen LogP contribution is -2.28. The van der Waals surface area contributed by atoms with E-state index in [9.17, 15) is 5.11 Å². The minimum absolute atomic E-state index is 0.495. The van der Waals surface area contributed by atoms with Crippen LogP contribution < -0.4 is 5.32 Å². The van der Waals surface area contributed by atoms with Gasteiger partial charge in [0.05, 0.1) is 17.7 Å². The molecular weight excluding hydrogens is 236 g/mol. The van der Waals surface area contributed by atoms with Gasteiger partial charge in [-0.3, -0.25) is 0 Å². The Labute approximate surface area is 115 Å². The van der Waals surface area contributed by atoms with Crippen molar-refractivity contribution >= 4 is 0 Å². The number of benzene rings is 1. The zero-order chi connectivity index (χ0) is 13.7. The maximum atomic E-state index is 10.1. The van der Waals surface area contributed by atoms with Crippen LogP contribution in [0.15, 0.2) is 24.3 Å². The van der Waals surface area contributed by atoms with Crippen LogP contribution in [-0.2, 0) is 0 Å². The number of nitriles is 1. The second-order valence-electron chi connectivity index (χ2n) is 5.63. The molecule has 1 fully saturated rings. The molecule has 0 saturated heterocycles. The maximum absolute atomic E-state index is 10.1. The lowest BCUT2D eigenvalue weighted by atomic mass is 10.0. The minimum Gasteiger partial charge on any atom is -0.387 e. The Hall–Kier alpha value is -1.37. The van der Waals surface area contributed by atoms with Gasteiger partial charge in [-0.1, -0.05) is 25.5 Å². The van der Waals surface area contributed by atoms with Gasteiger partial charge in [-0.05, 0) is 42.4 Å². The van der Waals surface area contributed by atoms with Gasteiger partial charge < -0.3 is 10.4 Å². The highest BCUT2D eigenvalue weighted by Gasteiger charge is 2.40. The third-order valence-electron chi connectivity index (χ3n) is 4.00. The number of nitrogens with one attached hydrogen (secondary N) is 1. The van der Waals surface area contributed by atoms with E-state index in [1.165, 1.54) is 25.7 Å². The Morgan fingerprint density at radius 3 is 2.58 bits per heavy atom. The van der Waals surface area contributed by atoms with Crippen molar-refractivity contribution in [3.8, 4) is 6.07 Å². The van der Waals surface area contributed by atoms with Crippen LogP contribution in [0.4, 0.5) is 0 Å². The molecule has 0 amide bonds. The van der Waals surface area contributed by atoms with Crippen molar-refractivity contribution < 1.29 is 5.11 Å². The van der Waals surface area contributed by atoms with Gasteiger partial charge in [0.1, 0.15) is 0 Å². The van der Waals surface area contributed by atoms with Gasteiger partial charge in [-0.25, -0.2) is 0 Å². The summed E-state index contributed by atoms with van der Waals surface area (Å²) in [7, 11) is 0. The fraction of sp³-hybridized carbons (Fsp3) is 0.562. The van der Waals surface area contributed by atoms with E-state index in [0.717, 1.165) is 12.1 Å². The van der Waals surface area contributed by atoms with Gasteiger partial charge in [-0.15, -0.1) is 0 Å². The minimum atomic E-state index is -0.495. The molecular formula is C16H22N2O. The predicted octanol–water partition coefficient (Wildman–Crippen LogP) is 2.76. The van der Waals surface area contributed by atoms with Crippen LogP contribution in [0.3, 0.4) is 0 Å². The third-order valence-corrected chi connectivity index (χ3v) is 4.00. The molecule has 1 saturated carbocycles. The lowest BCUT2D eigenvalue weighted by Gasteiger charge is -2.17. The van der Waals surface area contributed by atoms with Crippen molar-refractivity contribution in [1.82, 2.24) is 5.32 Å². The number of aliphatic hydroxyl groups excluding tert-OH is 1. The Bertz CT molecular complexity index is 443. The van der Waals surface area contributed by atoms with Crippen molar-refractivity contribution in [1.29, 1.82) is 5.26 Å². The van der Waals surface area contributed by atoms with Crippen LogP contribution in [0.25, 0.3) is 0 Å². The quantitative estimate of drug-likeness (QED) is 0.790. The Kier molecular flexibility index (Phi) is 4.57. The lowest BCUT2D eigenvalue weighted by molar-refractivity contribution is 0.171. The van der Waals surface area contributed by atoms with Crippen LogP contribution >= 0.6 is 0 Å². The van der Waals surface area contributed by atoms with Crippen LogP contribution in [0, 0.1) is 16.7 Å². The van der Waals surface area contributed by atoms with E-state index in [-0.39, 0.29) is 0 Å². The molecule has 3 heteroatoms. The molecule has 0 spiro atoms. The van der Waals surface area contributed by atoms with E-state index in [4.69, 9.17) is 5.26 Å². The van der Waals surface area contributed by atoms with Crippen molar-refractivity contribution in [2.45, 2.75) is 38.7 Å². The molecule has 2 rings (SSSR count). The van der Waals surface area contributed by atoms with E-state index < -0.39 is 6.10 Å². The highest BCUT2D eigenvalue weighted by atomic mass is 16.3. The standard InChI is InChI=1S/C16H22N2O/c1-2-7-16(8-9-16)12-18-11-15(19)14-5-3-13(10-17)4-6-14/h3-6,15,18-19H,2,7-9,11-12H2,1H3. The summed E-state index contributed by atoms with van der Waals surface area (Å²) in [6.45, 7) is 3.82. The average Bonchev–Trinajstić information content (AvgIpc) is 3.19. The molecule has 1 unspecified atom stereocenters. The highest BCUT2D eigenvalue weighted by molar-refractivity contribution is 5.32. The first-order valence-corrected chi connectivity index (χ1v) is 7.08. The van der Waals surface area contributed by atoms with Gasteiger partial charge in [0.2, 0.25) is 0 Å².